The van der Waals surface area contributed by atoms with Crippen molar-refractivity contribution < 1.29 is 28.7 Å². The lowest BCUT2D eigenvalue weighted by Gasteiger charge is -2.31. The summed E-state index contributed by atoms with van der Waals surface area (Å²) in [6, 6.07) is 13.2. The minimum atomic E-state index is -1.20. The van der Waals surface area contributed by atoms with E-state index in [0.717, 1.165) is 11.1 Å². The molecule has 244 valence electrons. The minimum Gasteiger partial charge on any atom is -0.466 e. The Labute approximate surface area is 267 Å². The van der Waals surface area contributed by atoms with Crippen molar-refractivity contribution in [3.63, 3.8) is 0 Å². The van der Waals surface area contributed by atoms with E-state index in [4.69, 9.17) is 4.74 Å². The highest BCUT2D eigenvalue weighted by Crippen LogP contribution is 2.33. The molecule has 0 radical (unpaired) electrons. The average molecular weight is 633 g/mol. The van der Waals surface area contributed by atoms with E-state index in [9.17, 15) is 24.0 Å². The van der Waals surface area contributed by atoms with Crippen LogP contribution in [0.5, 0.6) is 0 Å². The summed E-state index contributed by atoms with van der Waals surface area (Å²) in [7, 11) is 0. The number of hydrogen-bond acceptors (Lipinski definition) is 9. The first-order valence-electron chi connectivity index (χ1n) is 15.4. The highest BCUT2D eigenvalue weighted by molar-refractivity contribution is 6.07. The molecule has 0 unspecified atom stereocenters. The third-order valence-corrected chi connectivity index (χ3v) is 7.90. The van der Waals surface area contributed by atoms with Gasteiger partial charge in [-0.05, 0) is 36.5 Å². The Morgan fingerprint density at radius 3 is 2.46 bits per heavy atom. The van der Waals surface area contributed by atoms with Crippen molar-refractivity contribution in [3.05, 3.63) is 71.5 Å². The van der Waals surface area contributed by atoms with E-state index in [1.54, 1.807) is 19.1 Å². The Kier molecular flexibility index (Phi) is 11.9. The monoisotopic (exact) mass is 632 g/mol. The number of nitrogens with zero attached hydrogens (tertiary/aromatic N) is 4. The summed E-state index contributed by atoms with van der Waals surface area (Å²) in [5.74, 6) is -2.45. The predicted octanol–water partition coefficient (Wildman–Crippen LogP) is 1.38. The van der Waals surface area contributed by atoms with Crippen LogP contribution < -0.4 is 20.9 Å². The molecule has 14 heteroatoms. The van der Waals surface area contributed by atoms with Crippen LogP contribution in [0, 0.1) is 5.92 Å². The van der Waals surface area contributed by atoms with Gasteiger partial charge in [-0.15, -0.1) is 10.2 Å². The molecule has 0 bridgehead atoms. The van der Waals surface area contributed by atoms with Crippen LogP contribution in [0.3, 0.4) is 0 Å². The molecule has 3 aromatic rings. The normalized spacial score (nSPS) is 15.6. The Morgan fingerprint density at radius 2 is 1.76 bits per heavy atom. The molecule has 4 amide bonds. The van der Waals surface area contributed by atoms with Crippen LogP contribution in [0.15, 0.2) is 54.6 Å². The molecule has 14 nitrogen and oxygen atoms in total. The molecule has 2 heterocycles. The molecule has 4 rings (SSSR count). The molecule has 4 N–H and O–H groups in total. The van der Waals surface area contributed by atoms with Crippen LogP contribution in [0.1, 0.15) is 57.0 Å². The number of fused-ring (bicyclic) bond motifs is 1. The Balaban J connectivity index is 1.57. The summed E-state index contributed by atoms with van der Waals surface area (Å²) in [4.78, 5) is 68.3. The topological polar surface area (TPSA) is 188 Å². The van der Waals surface area contributed by atoms with E-state index >= 15 is 0 Å². The second-order valence-electron chi connectivity index (χ2n) is 11.1. The largest absolute Gasteiger partial charge is 0.466 e. The second-order valence-corrected chi connectivity index (χ2v) is 11.1. The summed E-state index contributed by atoms with van der Waals surface area (Å²) in [5.41, 5.74) is 2.09. The number of anilines is 1. The van der Waals surface area contributed by atoms with Crippen LogP contribution >= 0.6 is 0 Å². The molecule has 0 aliphatic carbocycles. The molecule has 1 aliphatic heterocycles. The number of aromatic nitrogens is 4. The summed E-state index contributed by atoms with van der Waals surface area (Å²) in [5, 5.41) is 21.9. The Hall–Kier alpha value is -5.14. The van der Waals surface area contributed by atoms with E-state index in [1.165, 1.54) is 4.90 Å². The molecule has 0 saturated heterocycles. The molecule has 2 aromatic carbocycles. The number of amides is 4. The smallest absolute Gasteiger partial charge is 0.305 e. The van der Waals surface area contributed by atoms with Crippen LogP contribution in [0.4, 0.5) is 5.69 Å². The number of ether oxygens (including phenoxy) is 1. The van der Waals surface area contributed by atoms with Gasteiger partial charge in [-0.25, -0.2) is 0 Å². The van der Waals surface area contributed by atoms with Crippen molar-refractivity contribution in [3.8, 4) is 0 Å². The average Bonchev–Trinajstić information content (AvgIpc) is 3.72. The maximum atomic E-state index is 14.3. The van der Waals surface area contributed by atoms with Crippen molar-refractivity contribution in [1.82, 2.24) is 36.6 Å². The van der Waals surface area contributed by atoms with Gasteiger partial charge in [-0.3, -0.25) is 28.9 Å². The lowest BCUT2D eigenvalue weighted by atomic mass is 9.97. The number of aromatic amines is 1. The number of para-hydroxylation sites is 1. The molecule has 0 saturated carbocycles. The maximum absolute atomic E-state index is 14.3. The first-order valence-corrected chi connectivity index (χ1v) is 15.4. The van der Waals surface area contributed by atoms with Gasteiger partial charge in [-0.2, -0.15) is 5.21 Å². The van der Waals surface area contributed by atoms with Gasteiger partial charge in [0.05, 0.1) is 19.6 Å². The van der Waals surface area contributed by atoms with Gasteiger partial charge in [0.15, 0.2) is 5.82 Å². The number of benzene rings is 2. The predicted molar refractivity (Wildman–Crippen MR) is 167 cm³/mol. The molecule has 46 heavy (non-hydrogen) atoms. The van der Waals surface area contributed by atoms with E-state index in [0.29, 0.717) is 12.1 Å². The minimum absolute atomic E-state index is 0.00744. The summed E-state index contributed by atoms with van der Waals surface area (Å²) in [6.45, 7) is 5.57. The van der Waals surface area contributed by atoms with Gasteiger partial charge in [0.1, 0.15) is 18.1 Å². The van der Waals surface area contributed by atoms with Gasteiger partial charge in [0, 0.05) is 18.5 Å². The number of hydrogen-bond donors (Lipinski definition) is 4. The first kappa shape index (κ1) is 33.7. The first-order chi connectivity index (χ1) is 22.2. The van der Waals surface area contributed by atoms with E-state index in [2.05, 4.69) is 36.6 Å². The zero-order valence-corrected chi connectivity index (χ0v) is 26.2. The van der Waals surface area contributed by atoms with Crippen LogP contribution in [0.25, 0.3) is 0 Å². The van der Waals surface area contributed by atoms with Crippen molar-refractivity contribution in [2.75, 3.05) is 11.5 Å². The molecular formula is C32H40N8O6. The number of rotatable bonds is 15. The SMILES string of the molecule is CCOC(=O)CC[C@H](NC(=O)[C@@H](NC(=O)Cc1ccccc1)[C@@H](C)CC)C(=O)N1c2ccccc2C[C@H]1C(=O)NCc1nn[nH]n1. The van der Waals surface area contributed by atoms with Crippen molar-refractivity contribution in [1.29, 1.82) is 0 Å². The number of carbonyl (C=O) groups is 5. The zero-order chi connectivity index (χ0) is 33.1. The van der Waals surface area contributed by atoms with Crippen LogP contribution in [-0.4, -0.2) is 75.0 Å². The van der Waals surface area contributed by atoms with E-state index in [-0.39, 0.29) is 56.5 Å². The quantitative estimate of drug-likeness (QED) is 0.179. The molecule has 0 spiro atoms. The number of carbonyl (C=O) groups excluding carboxylic acids is 5. The fourth-order valence-electron chi connectivity index (χ4n) is 5.30. The third kappa shape index (κ3) is 8.73. The molecule has 1 aromatic heterocycles. The lowest BCUT2D eigenvalue weighted by Crippen LogP contribution is -2.58. The Bertz CT molecular complexity index is 1500. The van der Waals surface area contributed by atoms with Gasteiger partial charge >= 0.3 is 5.97 Å². The van der Waals surface area contributed by atoms with Crippen molar-refractivity contribution in [2.45, 2.75) is 77.5 Å². The zero-order valence-electron chi connectivity index (χ0n) is 26.2. The van der Waals surface area contributed by atoms with Gasteiger partial charge in [0.25, 0.3) is 0 Å². The van der Waals surface area contributed by atoms with Crippen molar-refractivity contribution in [2.24, 2.45) is 5.92 Å². The van der Waals surface area contributed by atoms with Crippen LogP contribution in [-0.2, 0) is 48.1 Å². The fourth-order valence-corrected chi connectivity index (χ4v) is 5.30. The number of nitrogens with one attached hydrogen (secondary N) is 4. The molecule has 0 fully saturated rings. The molecular weight excluding hydrogens is 592 g/mol. The van der Waals surface area contributed by atoms with Crippen LogP contribution in [0.2, 0.25) is 0 Å². The van der Waals surface area contributed by atoms with Crippen molar-refractivity contribution >= 4 is 35.3 Å². The highest BCUT2D eigenvalue weighted by Gasteiger charge is 2.42. The molecule has 4 atom stereocenters. The summed E-state index contributed by atoms with van der Waals surface area (Å²) < 4.78 is 5.08. The fraction of sp³-hybridized carbons (Fsp3) is 0.438. The van der Waals surface area contributed by atoms with Gasteiger partial charge < -0.3 is 20.7 Å². The summed E-state index contributed by atoms with van der Waals surface area (Å²) >= 11 is 0. The van der Waals surface area contributed by atoms with E-state index in [1.807, 2.05) is 56.3 Å². The second kappa shape index (κ2) is 16.3. The summed E-state index contributed by atoms with van der Waals surface area (Å²) in [6.07, 6.45) is 0.669. The lowest BCUT2D eigenvalue weighted by molar-refractivity contribution is -0.143. The maximum Gasteiger partial charge on any atom is 0.305 e. The highest BCUT2D eigenvalue weighted by atomic mass is 16.5. The van der Waals surface area contributed by atoms with E-state index < -0.39 is 41.8 Å². The van der Waals surface area contributed by atoms with Gasteiger partial charge in [0.2, 0.25) is 23.6 Å². The number of tetrazole rings is 1. The number of H-pyrrole nitrogens is 1. The number of esters is 1. The molecule has 1 aliphatic rings. The Morgan fingerprint density at radius 1 is 1.02 bits per heavy atom. The standard InChI is InChI=1S/C32H40N8O6/c1-4-20(3)29(35-27(41)17-21-11-7-6-8-12-21)31(44)34-23(15-16-28(42)46-5-2)32(45)40-24-14-10-9-13-22(24)18-25(40)30(43)33-19-26-36-38-39-37-26/h6-14,20,23,25,29H,4-5,15-19H2,1-3H3,(H,33,43)(H,34,44)(H,35,41)(H,36,37,38,39)/t20-,23-,25-,29-/m0/s1. The third-order valence-electron chi connectivity index (χ3n) is 7.90. The van der Waals surface area contributed by atoms with Gasteiger partial charge in [-0.1, -0.05) is 74.0 Å².